The normalized spacial score (nSPS) is 13.8. The molecule has 0 bridgehead atoms. The van der Waals surface area contributed by atoms with Gasteiger partial charge in [-0.2, -0.15) is 0 Å². The smallest absolute Gasteiger partial charge is 0.256 e. The third-order valence-corrected chi connectivity index (χ3v) is 6.26. The second-order valence-electron chi connectivity index (χ2n) is 7.50. The molecule has 0 aliphatic carbocycles. The van der Waals surface area contributed by atoms with Crippen LogP contribution in [0.3, 0.4) is 0 Å². The van der Waals surface area contributed by atoms with E-state index in [4.69, 9.17) is 5.53 Å². The van der Waals surface area contributed by atoms with Crippen molar-refractivity contribution < 1.29 is 9.59 Å². The number of hydrogen-bond acceptors (Lipinski definition) is 4. The number of fused-ring (bicyclic) bond motifs is 1. The number of anilines is 1. The summed E-state index contributed by atoms with van der Waals surface area (Å²) in [6.07, 6.45) is 1.73. The predicted octanol–water partition coefficient (Wildman–Crippen LogP) is 4.90. The minimum Gasteiger partial charge on any atom is -0.358 e. The number of azide groups is 1. The maximum absolute atomic E-state index is 12.8. The summed E-state index contributed by atoms with van der Waals surface area (Å²) in [5, 5.41) is 9.47. The van der Waals surface area contributed by atoms with Gasteiger partial charge in [0.15, 0.2) is 0 Å². The lowest BCUT2D eigenvalue weighted by molar-refractivity contribution is -0.110. The zero-order valence-electron chi connectivity index (χ0n) is 18.5. The molecule has 2 aromatic rings. The summed E-state index contributed by atoms with van der Waals surface area (Å²) >= 11 is 3.35. The number of H-pyrrole nitrogens is 1. The van der Waals surface area contributed by atoms with Crippen molar-refractivity contribution in [3.05, 3.63) is 55.1 Å². The molecule has 0 radical (unpaired) electrons. The van der Waals surface area contributed by atoms with E-state index in [1.165, 1.54) is 0 Å². The van der Waals surface area contributed by atoms with Crippen molar-refractivity contribution in [3.8, 4) is 0 Å². The van der Waals surface area contributed by atoms with E-state index in [2.05, 4.69) is 60.3 Å². The Labute approximate surface area is 195 Å². The van der Waals surface area contributed by atoms with Crippen LogP contribution in [0.5, 0.6) is 0 Å². The molecule has 0 spiro atoms. The zero-order chi connectivity index (χ0) is 23.4. The molecule has 0 unspecified atom stereocenters. The van der Waals surface area contributed by atoms with E-state index >= 15 is 0 Å². The van der Waals surface area contributed by atoms with Gasteiger partial charge in [0, 0.05) is 39.4 Å². The van der Waals surface area contributed by atoms with Gasteiger partial charge in [0.2, 0.25) is 0 Å². The minimum atomic E-state index is -0.262. The van der Waals surface area contributed by atoms with Crippen molar-refractivity contribution in [2.24, 2.45) is 5.11 Å². The average molecular weight is 500 g/mol. The zero-order valence-corrected chi connectivity index (χ0v) is 20.1. The van der Waals surface area contributed by atoms with Crippen LogP contribution in [0.4, 0.5) is 11.4 Å². The number of hydrogen-bond donors (Lipinski definition) is 3. The standard InChI is InChI=1S/C22H26BrN7O2/c1-5-30(6-2)8-7-25-22(32)20-12(3)17(26-13(20)4)10-15-14-9-19(28-29-24)16(23)11-18(14)27-21(15)31/h9-11,26H,5-8H2,1-4H3,(H,25,32)(H,27,31)/b15-10-. The second-order valence-corrected chi connectivity index (χ2v) is 8.35. The van der Waals surface area contributed by atoms with Crippen molar-refractivity contribution in [2.45, 2.75) is 27.7 Å². The Morgan fingerprint density at radius 1 is 1.31 bits per heavy atom. The molecule has 0 atom stereocenters. The first-order valence-electron chi connectivity index (χ1n) is 10.4. The fourth-order valence-electron chi connectivity index (χ4n) is 3.83. The van der Waals surface area contributed by atoms with E-state index in [0.29, 0.717) is 44.8 Å². The van der Waals surface area contributed by atoms with Gasteiger partial charge in [-0.05, 0) is 56.2 Å². The highest BCUT2D eigenvalue weighted by molar-refractivity contribution is 9.10. The summed E-state index contributed by atoms with van der Waals surface area (Å²) in [7, 11) is 0. The molecule has 2 amide bonds. The molecule has 3 rings (SSSR count). The first-order valence-corrected chi connectivity index (χ1v) is 11.2. The van der Waals surface area contributed by atoms with Gasteiger partial charge in [-0.3, -0.25) is 9.59 Å². The summed E-state index contributed by atoms with van der Waals surface area (Å²) in [5.41, 5.74) is 13.6. The number of aromatic amines is 1. The minimum absolute atomic E-state index is 0.140. The molecule has 1 aliphatic heterocycles. The Morgan fingerprint density at radius 3 is 2.69 bits per heavy atom. The number of aryl methyl sites for hydroxylation is 1. The third-order valence-electron chi connectivity index (χ3n) is 5.62. The molecule has 9 nitrogen and oxygen atoms in total. The Balaban J connectivity index is 1.90. The number of nitrogens with zero attached hydrogens (tertiary/aromatic N) is 4. The number of nitrogens with one attached hydrogen (secondary N) is 3. The molecule has 1 aliphatic rings. The Kier molecular flexibility index (Phi) is 7.40. The number of amides is 2. The van der Waals surface area contributed by atoms with Gasteiger partial charge in [0.05, 0.1) is 22.5 Å². The number of carbonyl (C=O) groups excluding carboxylic acids is 2. The van der Waals surface area contributed by atoms with Crippen molar-refractivity contribution in [1.82, 2.24) is 15.2 Å². The number of likely N-dealkylation sites (N-methyl/N-ethyl adjacent to an activating group) is 1. The van der Waals surface area contributed by atoms with E-state index in [0.717, 1.165) is 30.9 Å². The average Bonchev–Trinajstić information content (AvgIpc) is 3.20. The Bertz CT molecular complexity index is 1140. The lowest BCUT2D eigenvalue weighted by Gasteiger charge is -2.18. The van der Waals surface area contributed by atoms with Gasteiger partial charge in [-0.25, -0.2) is 0 Å². The first kappa shape index (κ1) is 23.6. The van der Waals surface area contributed by atoms with Gasteiger partial charge in [0.25, 0.3) is 11.8 Å². The molecule has 1 aromatic carbocycles. The van der Waals surface area contributed by atoms with Crippen molar-refractivity contribution in [3.63, 3.8) is 0 Å². The molecule has 168 valence electrons. The van der Waals surface area contributed by atoms with Gasteiger partial charge in [-0.15, -0.1) is 0 Å². The quantitative estimate of drug-likeness (QED) is 0.207. The van der Waals surface area contributed by atoms with Crippen LogP contribution in [0.1, 0.15) is 46.7 Å². The monoisotopic (exact) mass is 499 g/mol. The molecule has 3 N–H and O–H groups in total. The summed E-state index contributed by atoms with van der Waals surface area (Å²) < 4.78 is 0.589. The summed E-state index contributed by atoms with van der Waals surface area (Å²) in [6, 6.07) is 3.37. The second kappa shape index (κ2) is 10.0. The predicted molar refractivity (Wildman–Crippen MR) is 130 cm³/mol. The topological polar surface area (TPSA) is 126 Å². The Hall–Kier alpha value is -3.07. The van der Waals surface area contributed by atoms with Gasteiger partial charge >= 0.3 is 0 Å². The number of halogens is 1. The van der Waals surface area contributed by atoms with Crippen LogP contribution < -0.4 is 10.6 Å². The number of carbonyl (C=O) groups is 2. The number of benzene rings is 1. The van der Waals surface area contributed by atoms with E-state index in [1.807, 2.05) is 13.8 Å². The summed E-state index contributed by atoms with van der Waals surface area (Å²) in [6.45, 7) is 11.1. The summed E-state index contributed by atoms with van der Waals surface area (Å²) in [5.74, 6) is -0.402. The first-order chi connectivity index (χ1) is 15.3. The number of rotatable bonds is 8. The third kappa shape index (κ3) is 4.72. The fourth-order valence-corrected chi connectivity index (χ4v) is 4.25. The van der Waals surface area contributed by atoms with Crippen LogP contribution in [-0.4, -0.2) is 47.9 Å². The van der Waals surface area contributed by atoms with Gasteiger partial charge < -0.3 is 20.5 Å². The largest absolute Gasteiger partial charge is 0.358 e. The molecule has 0 fully saturated rings. The van der Waals surface area contributed by atoms with Crippen LogP contribution in [-0.2, 0) is 4.79 Å². The van der Waals surface area contributed by atoms with Crippen LogP contribution >= 0.6 is 15.9 Å². The molecular formula is C22H26BrN7O2. The van der Waals surface area contributed by atoms with Gasteiger partial charge in [-0.1, -0.05) is 34.9 Å². The van der Waals surface area contributed by atoms with E-state index in [1.54, 1.807) is 18.2 Å². The Morgan fingerprint density at radius 2 is 2.03 bits per heavy atom. The molecule has 10 heteroatoms. The van der Waals surface area contributed by atoms with Crippen molar-refractivity contribution in [1.29, 1.82) is 0 Å². The highest BCUT2D eigenvalue weighted by Gasteiger charge is 2.27. The molecule has 0 saturated heterocycles. The van der Waals surface area contributed by atoms with E-state index in [9.17, 15) is 9.59 Å². The summed E-state index contributed by atoms with van der Waals surface area (Å²) in [4.78, 5) is 33.7. The van der Waals surface area contributed by atoms with Crippen molar-refractivity contribution in [2.75, 3.05) is 31.5 Å². The fraction of sp³-hybridized carbons (Fsp3) is 0.364. The van der Waals surface area contributed by atoms with Gasteiger partial charge in [0.1, 0.15) is 0 Å². The molecule has 32 heavy (non-hydrogen) atoms. The lowest BCUT2D eigenvalue weighted by Crippen LogP contribution is -2.35. The van der Waals surface area contributed by atoms with Crippen LogP contribution in [0.25, 0.3) is 22.1 Å². The maximum atomic E-state index is 12.8. The van der Waals surface area contributed by atoms with Crippen LogP contribution in [0, 0.1) is 13.8 Å². The highest BCUT2D eigenvalue weighted by atomic mass is 79.9. The highest BCUT2D eigenvalue weighted by Crippen LogP contribution is 2.40. The number of aromatic nitrogens is 1. The maximum Gasteiger partial charge on any atom is 0.256 e. The molecule has 0 saturated carbocycles. The molecule has 1 aromatic heterocycles. The SMILES string of the molecule is CCN(CC)CCNC(=O)c1c(C)[nH]c(/C=C2\C(=O)Nc3cc(Br)c(N=[N+]=[N-])cc32)c1C. The van der Waals surface area contributed by atoms with Crippen LogP contribution in [0.15, 0.2) is 21.7 Å². The molecular weight excluding hydrogens is 474 g/mol. The lowest BCUT2D eigenvalue weighted by atomic mass is 10.0. The van der Waals surface area contributed by atoms with E-state index < -0.39 is 0 Å². The van der Waals surface area contributed by atoms with E-state index in [-0.39, 0.29) is 11.8 Å². The molecule has 2 heterocycles. The van der Waals surface area contributed by atoms with Crippen molar-refractivity contribution >= 4 is 50.8 Å². The van der Waals surface area contributed by atoms with Crippen LogP contribution in [0.2, 0.25) is 0 Å².